The van der Waals surface area contributed by atoms with Gasteiger partial charge in [0.15, 0.2) is 0 Å². The number of amides is 1. The molecule has 0 bridgehead atoms. The first-order valence-electron chi connectivity index (χ1n) is 4.74. The third-order valence-electron chi connectivity index (χ3n) is 1.88. The minimum atomic E-state index is -0.273. The zero-order valence-electron chi connectivity index (χ0n) is 8.63. The first-order valence-corrected chi connectivity index (χ1v) is 6.35. The molecule has 0 atom stereocenters. The van der Waals surface area contributed by atoms with Crippen LogP contribution in [0.3, 0.4) is 0 Å². The number of carbonyl (C=O) groups excluding carboxylic acids is 1. The van der Waals surface area contributed by atoms with Gasteiger partial charge in [0, 0.05) is 17.3 Å². The van der Waals surface area contributed by atoms with Crippen molar-refractivity contribution < 1.29 is 4.79 Å². The molecule has 86 valence electrons. The standard InChI is InChI=1S/C11H8BrN3OS/c12-10-4-3-9(17-10)7-14-15-11(16)8-2-1-5-13-6-8/h1-7H,(H,15,16)/b14-7+. The summed E-state index contributed by atoms with van der Waals surface area (Å²) in [6.45, 7) is 0. The number of nitrogens with zero attached hydrogens (tertiary/aromatic N) is 2. The third kappa shape index (κ3) is 3.47. The average molecular weight is 310 g/mol. The lowest BCUT2D eigenvalue weighted by Crippen LogP contribution is -2.17. The van der Waals surface area contributed by atoms with Gasteiger partial charge in [-0.15, -0.1) is 11.3 Å². The highest BCUT2D eigenvalue weighted by Gasteiger charge is 2.02. The van der Waals surface area contributed by atoms with E-state index in [1.54, 1.807) is 24.5 Å². The third-order valence-corrected chi connectivity index (χ3v) is 3.43. The zero-order valence-corrected chi connectivity index (χ0v) is 11.0. The smallest absolute Gasteiger partial charge is 0.267 e. The number of thiophene rings is 1. The molecule has 0 aliphatic heterocycles. The van der Waals surface area contributed by atoms with Gasteiger partial charge >= 0.3 is 0 Å². The summed E-state index contributed by atoms with van der Waals surface area (Å²) in [4.78, 5) is 16.4. The number of aromatic nitrogens is 1. The molecule has 2 aromatic heterocycles. The van der Waals surface area contributed by atoms with Crippen LogP contribution < -0.4 is 5.43 Å². The second kappa shape index (κ2) is 5.70. The second-order valence-electron chi connectivity index (χ2n) is 3.08. The SMILES string of the molecule is O=C(N/N=C/c1ccc(Br)s1)c1cccnc1. The molecule has 2 aromatic rings. The lowest BCUT2D eigenvalue weighted by molar-refractivity contribution is 0.0955. The maximum atomic E-state index is 11.6. The van der Waals surface area contributed by atoms with Crippen LogP contribution in [0.15, 0.2) is 45.5 Å². The van der Waals surface area contributed by atoms with Crippen molar-refractivity contribution in [1.82, 2.24) is 10.4 Å². The lowest BCUT2D eigenvalue weighted by Gasteiger charge is -1.97. The molecule has 2 heterocycles. The molecule has 0 aliphatic rings. The largest absolute Gasteiger partial charge is 0.272 e. The zero-order chi connectivity index (χ0) is 12.1. The van der Waals surface area contributed by atoms with Crippen LogP contribution in [0.1, 0.15) is 15.2 Å². The van der Waals surface area contributed by atoms with Crippen molar-refractivity contribution in [2.45, 2.75) is 0 Å². The molecule has 17 heavy (non-hydrogen) atoms. The Bertz CT molecular complexity index is 539. The summed E-state index contributed by atoms with van der Waals surface area (Å²) in [6.07, 6.45) is 4.71. The van der Waals surface area contributed by atoms with Crippen molar-refractivity contribution in [3.05, 3.63) is 50.9 Å². The molecule has 2 rings (SSSR count). The fourth-order valence-electron chi connectivity index (χ4n) is 1.11. The van der Waals surface area contributed by atoms with E-state index in [9.17, 15) is 4.79 Å². The van der Waals surface area contributed by atoms with Gasteiger partial charge in [0.25, 0.3) is 5.91 Å². The molecule has 0 aromatic carbocycles. The van der Waals surface area contributed by atoms with Crippen molar-refractivity contribution in [2.24, 2.45) is 5.10 Å². The first kappa shape index (κ1) is 11.9. The molecule has 0 saturated heterocycles. The molecular formula is C11H8BrN3OS. The number of hydrazone groups is 1. The quantitative estimate of drug-likeness (QED) is 0.700. The van der Waals surface area contributed by atoms with Gasteiger partial charge in [-0.3, -0.25) is 9.78 Å². The predicted molar refractivity (Wildman–Crippen MR) is 71.3 cm³/mol. The summed E-state index contributed by atoms with van der Waals surface area (Å²) in [5, 5.41) is 3.87. The minimum absolute atomic E-state index is 0.273. The van der Waals surface area contributed by atoms with E-state index in [-0.39, 0.29) is 5.91 Å². The summed E-state index contributed by atoms with van der Waals surface area (Å²) in [5.74, 6) is -0.273. The van der Waals surface area contributed by atoms with E-state index in [2.05, 4.69) is 31.4 Å². The topological polar surface area (TPSA) is 54.4 Å². The van der Waals surface area contributed by atoms with Crippen LogP contribution in [0.5, 0.6) is 0 Å². The summed E-state index contributed by atoms with van der Waals surface area (Å²) in [6, 6.07) is 7.22. The summed E-state index contributed by atoms with van der Waals surface area (Å²) in [7, 11) is 0. The average Bonchev–Trinajstić information content (AvgIpc) is 2.76. The molecule has 4 nitrogen and oxygen atoms in total. The Morgan fingerprint density at radius 2 is 2.35 bits per heavy atom. The van der Waals surface area contributed by atoms with Crippen LogP contribution in [-0.4, -0.2) is 17.1 Å². The van der Waals surface area contributed by atoms with E-state index in [1.165, 1.54) is 17.5 Å². The summed E-state index contributed by atoms with van der Waals surface area (Å²) in [5.41, 5.74) is 2.92. The van der Waals surface area contributed by atoms with Gasteiger partial charge in [-0.2, -0.15) is 5.10 Å². The Labute approximate surface area is 111 Å². The number of pyridine rings is 1. The van der Waals surface area contributed by atoms with Gasteiger partial charge in [0.2, 0.25) is 0 Å². The molecule has 6 heteroatoms. The molecule has 1 N–H and O–H groups in total. The minimum Gasteiger partial charge on any atom is -0.267 e. The van der Waals surface area contributed by atoms with Crippen molar-refractivity contribution >= 4 is 39.4 Å². The highest BCUT2D eigenvalue weighted by molar-refractivity contribution is 9.11. The molecule has 0 fully saturated rings. The molecule has 0 spiro atoms. The van der Waals surface area contributed by atoms with E-state index in [0.717, 1.165) is 8.66 Å². The van der Waals surface area contributed by atoms with Crippen molar-refractivity contribution in [1.29, 1.82) is 0 Å². The Balaban J connectivity index is 1.95. The van der Waals surface area contributed by atoms with E-state index < -0.39 is 0 Å². The lowest BCUT2D eigenvalue weighted by atomic mass is 10.3. The Morgan fingerprint density at radius 1 is 1.47 bits per heavy atom. The highest BCUT2D eigenvalue weighted by Crippen LogP contribution is 2.20. The van der Waals surface area contributed by atoms with Crippen molar-refractivity contribution in [3.63, 3.8) is 0 Å². The van der Waals surface area contributed by atoms with Gasteiger partial charge in [0.1, 0.15) is 0 Å². The van der Waals surface area contributed by atoms with Crippen LogP contribution in [0.25, 0.3) is 0 Å². The van der Waals surface area contributed by atoms with Crippen LogP contribution in [0.4, 0.5) is 0 Å². The van der Waals surface area contributed by atoms with Crippen molar-refractivity contribution in [3.8, 4) is 0 Å². The monoisotopic (exact) mass is 309 g/mol. The second-order valence-corrected chi connectivity index (χ2v) is 5.58. The fourth-order valence-corrected chi connectivity index (χ4v) is 2.41. The molecule has 1 amide bonds. The van der Waals surface area contributed by atoms with Gasteiger partial charge in [0.05, 0.1) is 15.6 Å². The maximum absolute atomic E-state index is 11.6. The highest BCUT2D eigenvalue weighted by atomic mass is 79.9. The maximum Gasteiger partial charge on any atom is 0.272 e. The van der Waals surface area contributed by atoms with Crippen LogP contribution in [0, 0.1) is 0 Å². The van der Waals surface area contributed by atoms with E-state index >= 15 is 0 Å². The van der Waals surface area contributed by atoms with Gasteiger partial charge < -0.3 is 0 Å². The Hall–Kier alpha value is -1.53. The molecule has 0 saturated carbocycles. The van der Waals surface area contributed by atoms with Gasteiger partial charge in [-0.05, 0) is 40.2 Å². The molecule has 0 aliphatic carbocycles. The Morgan fingerprint density at radius 3 is 3.00 bits per heavy atom. The first-order chi connectivity index (χ1) is 8.25. The number of hydrogen-bond acceptors (Lipinski definition) is 4. The predicted octanol–water partition coefficient (Wildman–Crippen LogP) is 2.67. The van der Waals surface area contributed by atoms with E-state index in [4.69, 9.17) is 0 Å². The van der Waals surface area contributed by atoms with Gasteiger partial charge in [-0.25, -0.2) is 5.43 Å². The summed E-state index contributed by atoms with van der Waals surface area (Å²) >= 11 is 4.89. The van der Waals surface area contributed by atoms with Gasteiger partial charge in [-0.1, -0.05) is 0 Å². The normalized spacial score (nSPS) is 10.6. The number of halogens is 1. The van der Waals surface area contributed by atoms with Crippen LogP contribution in [0.2, 0.25) is 0 Å². The number of hydrogen-bond donors (Lipinski definition) is 1. The summed E-state index contributed by atoms with van der Waals surface area (Å²) < 4.78 is 1.03. The molecule has 0 unspecified atom stereocenters. The van der Waals surface area contributed by atoms with Crippen LogP contribution >= 0.6 is 27.3 Å². The Kier molecular flexibility index (Phi) is 4.00. The molecular weight excluding hydrogens is 302 g/mol. The number of carbonyl (C=O) groups is 1. The van der Waals surface area contributed by atoms with Crippen LogP contribution in [-0.2, 0) is 0 Å². The van der Waals surface area contributed by atoms with E-state index in [1.807, 2.05) is 12.1 Å². The molecule has 0 radical (unpaired) electrons. The number of rotatable bonds is 3. The van der Waals surface area contributed by atoms with E-state index in [0.29, 0.717) is 5.56 Å². The number of nitrogens with one attached hydrogen (secondary N) is 1. The van der Waals surface area contributed by atoms with Crippen molar-refractivity contribution in [2.75, 3.05) is 0 Å². The fraction of sp³-hybridized carbons (Fsp3) is 0.